The van der Waals surface area contributed by atoms with Crippen molar-refractivity contribution >= 4 is 11.6 Å². The summed E-state index contributed by atoms with van der Waals surface area (Å²) >= 11 is 5.62. The van der Waals surface area contributed by atoms with Gasteiger partial charge in [0.05, 0.1) is 11.6 Å². The molecule has 1 fully saturated rings. The van der Waals surface area contributed by atoms with Crippen LogP contribution in [0.4, 0.5) is 0 Å². The van der Waals surface area contributed by atoms with Gasteiger partial charge in [-0.25, -0.2) is 4.98 Å². The minimum Gasteiger partial charge on any atom is -0.370 e. The van der Waals surface area contributed by atoms with E-state index in [0.29, 0.717) is 11.5 Å². The van der Waals surface area contributed by atoms with E-state index in [2.05, 4.69) is 9.97 Å². The number of halogens is 1. The fourth-order valence-electron chi connectivity index (χ4n) is 1.54. The molecule has 1 N–H and O–H groups in total. The first-order chi connectivity index (χ1) is 6.79. The Labute approximate surface area is 86.3 Å². The van der Waals surface area contributed by atoms with Gasteiger partial charge in [-0.3, -0.25) is 4.79 Å². The maximum atomic E-state index is 11.2. The SMILES string of the molecule is O=c1cc(CCl)nc(C2CCCO2)[nH]1. The number of aromatic amines is 1. The Kier molecular flexibility index (Phi) is 2.84. The molecule has 4 nitrogen and oxygen atoms in total. The maximum absolute atomic E-state index is 11.2. The summed E-state index contributed by atoms with van der Waals surface area (Å²) in [5, 5.41) is 0. The summed E-state index contributed by atoms with van der Waals surface area (Å²) in [7, 11) is 0. The molecule has 1 aromatic rings. The van der Waals surface area contributed by atoms with Crippen LogP contribution in [-0.2, 0) is 10.6 Å². The van der Waals surface area contributed by atoms with Crippen molar-refractivity contribution in [3.05, 3.63) is 27.9 Å². The van der Waals surface area contributed by atoms with Crippen LogP contribution in [-0.4, -0.2) is 16.6 Å². The third kappa shape index (κ3) is 1.96. The highest BCUT2D eigenvalue weighted by Crippen LogP contribution is 2.25. The Balaban J connectivity index is 2.32. The topological polar surface area (TPSA) is 55.0 Å². The molecule has 2 rings (SSSR count). The highest BCUT2D eigenvalue weighted by atomic mass is 35.5. The molecule has 1 aliphatic rings. The molecular formula is C9H11ClN2O2. The molecule has 1 unspecified atom stereocenters. The number of nitrogens with zero attached hydrogens (tertiary/aromatic N) is 1. The van der Waals surface area contributed by atoms with Crippen LogP contribution < -0.4 is 5.56 Å². The molecule has 0 saturated carbocycles. The van der Waals surface area contributed by atoms with E-state index < -0.39 is 0 Å². The van der Waals surface area contributed by atoms with Gasteiger partial charge in [0.25, 0.3) is 5.56 Å². The van der Waals surface area contributed by atoms with Crippen molar-refractivity contribution in [2.45, 2.75) is 24.8 Å². The molecule has 0 aromatic carbocycles. The second-order valence-corrected chi connectivity index (χ2v) is 3.52. The standard InChI is InChI=1S/C9H11ClN2O2/c10-5-6-4-8(13)12-9(11-6)7-2-1-3-14-7/h4,7H,1-3,5H2,(H,11,12,13). The zero-order valence-electron chi connectivity index (χ0n) is 7.62. The minimum atomic E-state index is -0.166. The van der Waals surface area contributed by atoms with E-state index in [4.69, 9.17) is 16.3 Å². The number of rotatable bonds is 2. The van der Waals surface area contributed by atoms with Crippen LogP contribution in [0.5, 0.6) is 0 Å². The van der Waals surface area contributed by atoms with Gasteiger partial charge in [0.15, 0.2) is 0 Å². The Morgan fingerprint density at radius 2 is 2.57 bits per heavy atom. The number of nitrogens with one attached hydrogen (secondary N) is 1. The van der Waals surface area contributed by atoms with Crippen LogP contribution in [0.3, 0.4) is 0 Å². The highest BCUT2D eigenvalue weighted by molar-refractivity contribution is 6.16. The largest absolute Gasteiger partial charge is 0.370 e. The monoisotopic (exact) mass is 214 g/mol. The van der Waals surface area contributed by atoms with Gasteiger partial charge in [0, 0.05) is 12.7 Å². The first kappa shape index (κ1) is 9.68. The molecule has 2 heterocycles. The fraction of sp³-hybridized carbons (Fsp3) is 0.556. The average Bonchev–Trinajstić information content (AvgIpc) is 2.69. The molecule has 0 bridgehead atoms. The van der Waals surface area contributed by atoms with Crippen LogP contribution in [0.2, 0.25) is 0 Å². The Morgan fingerprint density at radius 1 is 1.71 bits per heavy atom. The summed E-state index contributed by atoms with van der Waals surface area (Å²) in [6.07, 6.45) is 1.86. The van der Waals surface area contributed by atoms with Gasteiger partial charge in [-0.05, 0) is 12.8 Å². The lowest BCUT2D eigenvalue weighted by Gasteiger charge is -2.08. The van der Waals surface area contributed by atoms with Crippen molar-refractivity contribution in [3.63, 3.8) is 0 Å². The van der Waals surface area contributed by atoms with Crippen LogP contribution in [0.1, 0.15) is 30.5 Å². The Hall–Kier alpha value is -0.870. The molecular weight excluding hydrogens is 204 g/mol. The van der Waals surface area contributed by atoms with Crippen molar-refractivity contribution in [3.8, 4) is 0 Å². The summed E-state index contributed by atoms with van der Waals surface area (Å²) < 4.78 is 5.42. The number of ether oxygens (including phenoxy) is 1. The van der Waals surface area contributed by atoms with E-state index in [1.165, 1.54) is 6.07 Å². The van der Waals surface area contributed by atoms with Crippen molar-refractivity contribution in [2.75, 3.05) is 6.61 Å². The second-order valence-electron chi connectivity index (χ2n) is 3.26. The van der Waals surface area contributed by atoms with Crippen LogP contribution in [0, 0.1) is 0 Å². The predicted octanol–water partition coefficient (Wildman–Crippen LogP) is 1.36. The van der Waals surface area contributed by atoms with Gasteiger partial charge >= 0.3 is 0 Å². The lowest BCUT2D eigenvalue weighted by molar-refractivity contribution is 0.104. The first-order valence-electron chi connectivity index (χ1n) is 4.57. The normalized spacial score (nSPS) is 21.4. The lowest BCUT2D eigenvalue weighted by Crippen LogP contribution is -2.14. The van der Waals surface area contributed by atoms with Crippen molar-refractivity contribution in [1.82, 2.24) is 9.97 Å². The smallest absolute Gasteiger partial charge is 0.251 e. The van der Waals surface area contributed by atoms with Crippen LogP contribution in [0.25, 0.3) is 0 Å². The number of hydrogen-bond acceptors (Lipinski definition) is 3. The lowest BCUT2D eigenvalue weighted by atomic mass is 10.2. The van der Waals surface area contributed by atoms with Crippen molar-refractivity contribution in [2.24, 2.45) is 0 Å². The predicted molar refractivity (Wildman–Crippen MR) is 52.3 cm³/mol. The van der Waals surface area contributed by atoms with Crippen molar-refractivity contribution in [1.29, 1.82) is 0 Å². The molecule has 0 spiro atoms. The number of H-pyrrole nitrogens is 1. The number of alkyl halides is 1. The van der Waals surface area contributed by atoms with Gasteiger partial charge in [0.2, 0.25) is 0 Å². The summed E-state index contributed by atoms with van der Waals surface area (Å²) in [6.45, 7) is 0.736. The molecule has 0 radical (unpaired) electrons. The Morgan fingerprint density at radius 3 is 3.21 bits per heavy atom. The third-order valence-corrected chi connectivity index (χ3v) is 2.46. The van der Waals surface area contributed by atoms with E-state index in [9.17, 15) is 4.79 Å². The van der Waals surface area contributed by atoms with Gasteiger partial charge in [-0.1, -0.05) is 0 Å². The van der Waals surface area contributed by atoms with Gasteiger partial charge in [-0.15, -0.1) is 11.6 Å². The number of hydrogen-bond donors (Lipinski definition) is 1. The summed E-state index contributed by atoms with van der Waals surface area (Å²) in [5.74, 6) is 0.856. The summed E-state index contributed by atoms with van der Waals surface area (Å²) in [6, 6.07) is 1.41. The first-order valence-corrected chi connectivity index (χ1v) is 5.11. The van der Waals surface area contributed by atoms with Crippen LogP contribution >= 0.6 is 11.6 Å². The van der Waals surface area contributed by atoms with Crippen LogP contribution in [0.15, 0.2) is 10.9 Å². The quantitative estimate of drug-likeness (QED) is 0.757. The molecule has 1 atom stereocenters. The maximum Gasteiger partial charge on any atom is 0.251 e. The second kappa shape index (κ2) is 4.11. The number of aromatic nitrogens is 2. The van der Waals surface area contributed by atoms with E-state index in [1.54, 1.807) is 0 Å². The zero-order valence-corrected chi connectivity index (χ0v) is 8.38. The highest BCUT2D eigenvalue weighted by Gasteiger charge is 2.20. The molecule has 0 amide bonds. The molecule has 14 heavy (non-hydrogen) atoms. The van der Waals surface area contributed by atoms with E-state index in [0.717, 1.165) is 19.4 Å². The summed E-state index contributed by atoms with van der Waals surface area (Å²) in [5.41, 5.74) is 0.432. The zero-order chi connectivity index (χ0) is 9.97. The van der Waals surface area contributed by atoms with E-state index >= 15 is 0 Å². The van der Waals surface area contributed by atoms with Gasteiger partial charge in [-0.2, -0.15) is 0 Å². The van der Waals surface area contributed by atoms with Gasteiger partial charge < -0.3 is 9.72 Å². The molecule has 76 valence electrons. The molecule has 0 aliphatic carbocycles. The van der Waals surface area contributed by atoms with Gasteiger partial charge in [0.1, 0.15) is 11.9 Å². The minimum absolute atomic E-state index is 0.0640. The molecule has 1 aromatic heterocycles. The average molecular weight is 215 g/mol. The van der Waals surface area contributed by atoms with E-state index in [1.807, 2.05) is 0 Å². The van der Waals surface area contributed by atoms with Crippen molar-refractivity contribution < 1.29 is 4.74 Å². The fourth-order valence-corrected chi connectivity index (χ4v) is 1.68. The molecule has 1 saturated heterocycles. The molecule has 1 aliphatic heterocycles. The summed E-state index contributed by atoms with van der Waals surface area (Å²) in [4.78, 5) is 18.1. The van der Waals surface area contributed by atoms with E-state index in [-0.39, 0.29) is 17.5 Å². The Bertz CT molecular complexity index is 371. The molecule has 5 heteroatoms. The third-order valence-electron chi connectivity index (χ3n) is 2.18.